The predicted octanol–water partition coefficient (Wildman–Crippen LogP) is 4.45. The molecule has 1 aromatic carbocycles. The Morgan fingerprint density at radius 1 is 1.23 bits per heavy atom. The van der Waals surface area contributed by atoms with Crippen LogP contribution in [-0.4, -0.2) is 15.8 Å². The first-order valence-corrected chi connectivity index (χ1v) is 7.62. The number of aromatic nitrogens is 2. The standard InChI is InChI=1S/C16H21ClN4O/c1-10(2)9-21-12(4)15(11(3)20-21)19-16(22)18-14-7-5-13(17)6-8-14/h5-8,10H,9H2,1-4H3,(H2,18,19,22). The summed E-state index contributed by atoms with van der Waals surface area (Å²) in [7, 11) is 0. The molecule has 22 heavy (non-hydrogen) atoms. The van der Waals surface area contributed by atoms with Gasteiger partial charge in [0.25, 0.3) is 0 Å². The van der Waals surface area contributed by atoms with Crippen molar-refractivity contribution in [3.8, 4) is 0 Å². The van der Waals surface area contributed by atoms with Gasteiger partial charge in [-0.15, -0.1) is 0 Å². The SMILES string of the molecule is Cc1nn(CC(C)C)c(C)c1NC(=O)Nc1ccc(Cl)cc1. The van der Waals surface area contributed by atoms with E-state index < -0.39 is 0 Å². The van der Waals surface area contributed by atoms with Crippen LogP contribution >= 0.6 is 11.6 Å². The van der Waals surface area contributed by atoms with Gasteiger partial charge in [-0.25, -0.2) is 4.79 Å². The maximum absolute atomic E-state index is 12.1. The molecule has 0 unspecified atom stereocenters. The van der Waals surface area contributed by atoms with E-state index in [-0.39, 0.29) is 6.03 Å². The highest BCUT2D eigenvalue weighted by Gasteiger charge is 2.14. The van der Waals surface area contributed by atoms with E-state index in [1.165, 1.54) is 0 Å². The number of rotatable bonds is 4. The molecule has 0 saturated heterocycles. The van der Waals surface area contributed by atoms with Crippen LogP contribution in [0.15, 0.2) is 24.3 Å². The Labute approximate surface area is 135 Å². The molecule has 118 valence electrons. The van der Waals surface area contributed by atoms with Gasteiger partial charge < -0.3 is 10.6 Å². The minimum Gasteiger partial charge on any atom is -0.308 e. The minimum atomic E-state index is -0.294. The van der Waals surface area contributed by atoms with Crippen molar-refractivity contribution in [3.05, 3.63) is 40.7 Å². The summed E-state index contributed by atoms with van der Waals surface area (Å²) >= 11 is 5.82. The molecule has 0 radical (unpaired) electrons. The fraction of sp³-hybridized carbons (Fsp3) is 0.375. The van der Waals surface area contributed by atoms with Gasteiger partial charge in [0.15, 0.2) is 0 Å². The van der Waals surface area contributed by atoms with Crippen LogP contribution in [0.2, 0.25) is 5.02 Å². The van der Waals surface area contributed by atoms with Crippen molar-refractivity contribution in [2.45, 2.75) is 34.2 Å². The van der Waals surface area contributed by atoms with Gasteiger partial charge in [-0.1, -0.05) is 25.4 Å². The Morgan fingerprint density at radius 3 is 2.45 bits per heavy atom. The zero-order valence-corrected chi connectivity index (χ0v) is 14.0. The summed E-state index contributed by atoms with van der Waals surface area (Å²) < 4.78 is 1.93. The fourth-order valence-electron chi connectivity index (χ4n) is 2.21. The van der Waals surface area contributed by atoms with Crippen LogP contribution in [0.5, 0.6) is 0 Å². The molecule has 0 spiro atoms. The van der Waals surface area contributed by atoms with Crippen LogP contribution in [0.25, 0.3) is 0 Å². The lowest BCUT2D eigenvalue weighted by Gasteiger charge is -2.10. The van der Waals surface area contributed by atoms with Gasteiger partial charge in [-0.3, -0.25) is 4.68 Å². The van der Waals surface area contributed by atoms with Crippen molar-refractivity contribution < 1.29 is 4.79 Å². The first kappa shape index (κ1) is 16.4. The molecule has 5 nitrogen and oxygen atoms in total. The summed E-state index contributed by atoms with van der Waals surface area (Å²) in [5, 5.41) is 10.8. The molecular formula is C16H21ClN4O. The monoisotopic (exact) mass is 320 g/mol. The predicted molar refractivity (Wildman–Crippen MR) is 90.6 cm³/mol. The lowest BCUT2D eigenvalue weighted by molar-refractivity contribution is 0.262. The second-order valence-electron chi connectivity index (χ2n) is 5.71. The van der Waals surface area contributed by atoms with Crippen LogP contribution in [0.4, 0.5) is 16.2 Å². The molecule has 0 aliphatic rings. The van der Waals surface area contributed by atoms with E-state index in [2.05, 4.69) is 29.6 Å². The lowest BCUT2D eigenvalue weighted by atomic mass is 10.2. The summed E-state index contributed by atoms with van der Waals surface area (Å²) in [6.45, 7) is 8.95. The van der Waals surface area contributed by atoms with Gasteiger partial charge in [0, 0.05) is 17.3 Å². The number of urea groups is 1. The highest BCUT2D eigenvalue weighted by atomic mass is 35.5. The average molecular weight is 321 g/mol. The maximum atomic E-state index is 12.1. The van der Waals surface area contributed by atoms with Crippen LogP contribution in [0, 0.1) is 19.8 Å². The van der Waals surface area contributed by atoms with E-state index in [1.807, 2.05) is 18.5 Å². The fourth-order valence-corrected chi connectivity index (χ4v) is 2.34. The smallest absolute Gasteiger partial charge is 0.308 e. The third kappa shape index (κ3) is 4.01. The van der Waals surface area contributed by atoms with Gasteiger partial charge in [-0.2, -0.15) is 5.10 Å². The Bertz CT molecular complexity index is 662. The molecule has 1 aromatic heterocycles. The zero-order valence-electron chi connectivity index (χ0n) is 13.3. The van der Waals surface area contributed by atoms with E-state index in [9.17, 15) is 4.79 Å². The van der Waals surface area contributed by atoms with E-state index in [1.54, 1.807) is 24.3 Å². The molecule has 2 aromatic rings. The molecule has 6 heteroatoms. The van der Waals surface area contributed by atoms with Crippen LogP contribution < -0.4 is 10.6 Å². The van der Waals surface area contributed by atoms with E-state index in [0.717, 1.165) is 23.6 Å². The number of carbonyl (C=O) groups excluding carboxylic acids is 1. The van der Waals surface area contributed by atoms with Crippen LogP contribution in [0.3, 0.4) is 0 Å². The lowest BCUT2D eigenvalue weighted by Crippen LogP contribution is -2.20. The summed E-state index contributed by atoms with van der Waals surface area (Å²) in [6, 6.07) is 6.67. The average Bonchev–Trinajstić information content (AvgIpc) is 2.68. The van der Waals surface area contributed by atoms with Gasteiger partial charge >= 0.3 is 6.03 Å². The first-order chi connectivity index (χ1) is 10.4. The molecule has 2 rings (SSSR count). The number of halogens is 1. The topological polar surface area (TPSA) is 59.0 Å². The second kappa shape index (κ2) is 6.83. The third-order valence-corrected chi connectivity index (χ3v) is 3.51. The molecular weight excluding hydrogens is 300 g/mol. The van der Waals surface area contributed by atoms with Crippen molar-refractivity contribution in [2.24, 2.45) is 5.92 Å². The van der Waals surface area contributed by atoms with Crippen molar-refractivity contribution in [1.29, 1.82) is 0 Å². The highest BCUT2D eigenvalue weighted by Crippen LogP contribution is 2.21. The zero-order chi connectivity index (χ0) is 16.3. The molecule has 0 aliphatic heterocycles. The summed E-state index contributed by atoms with van der Waals surface area (Å²) in [5.74, 6) is 0.494. The number of anilines is 2. The molecule has 0 saturated carbocycles. The van der Waals surface area contributed by atoms with E-state index in [0.29, 0.717) is 16.6 Å². The molecule has 1 heterocycles. The van der Waals surface area contributed by atoms with Crippen molar-refractivity contribution in [3.63, 3.8) is 0 Å². The normalized spacial score (nSPS) is 10.8. The molecule has 0 bridgehead atoms. The van der Waals surface area contributed by atoms with Gasteiger partial charge in [0.1, 0.15) is 0 Å². The Kier molecular flexibility index (Phi) is 5.08. The largest absolute Gasteiger partial charge is 0.323 e. The number of nitrogens with one attached hydrogen (secondary N) is 2. The van der Waals surface area contributed by atoms with E-state index in [4.69, 9.17) is 11.6 Å². The molecule has 0 aliphatic carbocycles. The molecule has 2 N–H and O–H groups in total. The quantitative estimate of drug-likeness (QED) is 0.874. The van der Waals surface area contributed by atoms with Gasteiger partial charge in [-0.05, 0) is 44.0 Å². The number of carbonyl (C=O) groups is 1. The summed E-state index contributed by atoms with van der Waals surface area (Å²) in [4.78, 5) is 12.1. The molecule has 0 fully saturated rings. The highest BCUT2D eigenvalue weighted by molar-refractivity contribution is 6.30. The number of benzene rings is 1. The van der Waals surface area contributed by atoms with E-state index >= 15 is 0 Å². The minimum absolute atomic E-state index is 0.294. The van der Waals surface area contributed by atoms with Crippen LogP contribution in [-0.2, 0) is 6.54 Å². The van der Waals surface area contributed by atoms with Crippen molar-refractivity contribution in [1.82, 2.24) is 9.78 Å². The second-order valence-corrected chi connectivity index (χ2v) is 6.14. The number of hydrogen-bond acceptors (Lipinski definition) is 2. The van der Waals surface area contributed by atoms with Crippen molar-refractivity contribution >= 4 is 29.0 Å². The van der Waals surface area contributed by atoms with Gasteiger partial charge in [0.05, 0.1) is 17.1 Å². The van der Waals surface area contributed by atoms with Crippen LogP contribution in [0.1, 0.15) is 25.2 Å². The number of amides is 2. The van der Waals surface area contributed by atoms with Crippen molar-refractivity contribution in [2.75, 3.05) is 10.6 Å². The maximum Gasteiger partial charge on any atom is 0.323 e. The Hall–Kier alpha value is -2.01. The number of aryl methyl sites for hydroxylation is 1. The Balaban J connectivity index is 2.08. The number of nitrogens with zero attached hydrogens (tertiary/aromatic N) is 2. The van der Waals surface area contributed by atoms with Gasteiger partial charge in [0.2, 0.25) is 0 Å². The first-order valence-electron chi connectivity index (χ1n) is 7.24. The molecule has 0 atom stereocenters. The Morgan fingerprint density at radius 2 is 1.86 bits per heavy atom. The third-order valence-electron chi connectivity index (χ3n) is 3.26. The summed E-state index contributed by atoms with van der Waals surface area (Å²) in [6.07, 6.45) is 0. The number of hydrogen-bond donors (Lipinski definition) is 2. The summed E-state index contributed by atoms with van der Waals surface area (Å²) in [5.41, 5.74) is 3.21. The molecule has 2 amide bonds.